The molecule has 2 aromatic carbocycles. The molecule has 2 aromatic rings. The molecule has 4 fully saturated rings. The lowest BCUT2D eigenvalue weighted by Crippen LogP contribution is -2.59. The molecular formula is C23H26N2O3S. The second-order valence-electron chi connectivity index (χ2n) is 9.15. The van der Waals surface area contributed by atoms with Crippen molar-refractivity contribution in [2.45, 2.75) is 49.0 Å². The summed E-state index contributed by atoms with van der Waals surface area (Å²) in [5.74, 6) is 2.20. The Morgan fingerprint density at radius 1 is 0.828 bits per heavy atom. The largest absolute Gasteiger partial charge is 0.347 e. The Hall–Kier alpha value is -2.34. The van der Waals surface area contributed by atoms with Crippen LogP contribution in [0.25, 0.3) is 0 Å². The molecule has 152 valence electrons. The molecule has 29 heavy (non-hydrogen) atoms. The first kappa shape index (κ1) is 18.7. The Balaban J connectivity index is 1.29. The van der Waals surface area contributed by atoms with Crippen LogP contribution in [0.5, 0.6) is 0 Å². The van der Waals surface area contributed by atoms with Gasteiger partial charge in [-0.3, -0.25) is 9.52 Å². The summed E-state index contributed by atoms with van der Waals surface area (Å²) >= 11 is 0. The molecule has 0 atom stereocenters. The average Bonchev–Trinajstić information content (AvgIpc) is 2.67. The van der Waals surface area contributed by atoms with Gasteiger partial charge in [0.25, 0.3) is 15.9 Å². The van der Waals surface area contributed by atoms with Gasteiger partial charge >= 0.3 is 0 Å². The van der Waals surface area contributed by atoms with E-state index >= 15 is 0 Å². The molecule has 0 aliphatic heterocycles. The number of hydrogen-bond donors (Lipinski definition) is 2. The van der Waals surface area contributed by atoms with Crippen molar-refractivity contribution in [1.82, 2.24) is 5.32 Å². The molecule has 4 aliphatic carbocycles. The second-order valence-corrected chi connectivity index (χ2v) is 10.8. The third-order valence-electron chi connectivity index (χ3n) is 6.87. The van der Waals surface area contributed by atoms with Gasteiger partial charge in [-0.25, -0.2) is 8.42 Å². The first-order valence-corrected chi connectivity index (χ1v) is 11.9. The number of rotatable bonds is 5. The van der Waals surface area contributed by atoms with Crippen molar-refractivity contribution in [2.75, 3.05) is 4.72 Å². The molecular weight excluding hydrogens is 384 g/mol. The second kappa shape index (κ2) is 6.87. The predicted octanol–water partition coefficient (Wildman–Crippen LogP) is 4.19. The smallest absolute Gasteiger partial charge is 0.261 e. The molecule has 4 bridgehead atoms. The Morgan fingerprint density at radius 3 is 1.93 bits per heavy atom. The molecule has 6 rings (SSSR count). The van der Waals surface area contributed by atoms with Gasteiger partial charge in [-0.2, -0.15) is 0 Å². The Morgan fingerprint density at radius 2 is 1.38 bits per heavy atom. The van der Waals surface area contributed by atoms with Crippen LogP contribution in [0.15, 0.2) is 59.5 Å². The summed E-state index contributed by atoms with van der Waals surface area (Å²) in [4.78, 5) is 13.1. The number of carbonyl (C=O) groups is 1. The predicted molar refractivity (Wildman–Crippen MR) is 112 cm³/mol. The third kappa shape index (κ3) is 3.66. The van der Waals surface area contributed by atoms with E-state index in [1.807, 2.05) is 6.07 Å². The lowest BCUT2D eigenvalue weighted by atomic mass is 9.53. The van der Waals surface area contributed by atoms with Crippen molar-refractivity contribution in [2.24, 2.45) is 17.8 Å². The van der Waals surface area contributed by atoms with Gasteiger partial charge in [0.05, 0.1) is 4.90 Å². The fourth-order valence-electron chi connectivity index (χ4n) is 6.08. The summed E-state index contributed by atoms with van der Waals surface area (Å²) in [7, 11) is -3.68. The van der Waals surface area contributed by atoms with Crippen molar-refractivity contribution in [3.05, 3.63) is 60.2 Å². The highest BCUT2D eigenvalue weighted by Gasteiger charge is 2.51. The van der Waals surface area contributed by atoms with E-state index in [4.69, 9.17) is 0 Å². The van der Waals surface area contributed by atoms with Crippen LogP contribution in [0, 0.1) is 17.8 Å². The molecule has 0 radical (unpaired) electrons. The van der Waals surface area contributed by atoms with Gasteiger partial charge in [0, 0.05) is 16.8 Å². The quantitative estimate of drug-likeness (QED) is 0.776. The van der Waals surface area contributed by atoms with Crippen LogP contribution in [-0.4, -0.2) is 19.9 Å². The molecule has 4 saturated carbocycles. The zero-order chi connectivity index (χ0) is 20.1. The van der Waals surface area contributed by atoms with Crippen LogP contribution >= 0.6 is 0 Å². The number of amides is 1. The van der Waals surface area contributed by atoms with Gasteiger partial charge < -0.3 is 5.32 Å². The fraction of sp³-hybridized carbons (Fsp3) is 0.435. The van der Waals surface area contributed by atoms with E-state index in [1.54, 1.807) is 36.4 Å². The number of para-hydroxylation sites is 1. The Kier molecular flexibility index (Phi) is 4.42. The van der Waals surface area contributed by atoms with Gasteiger partial charge in [0.15, 0.2) is 0 Å². The molecule has 0 aromatic heterocycles. The minimum Gasteiger partial charge on any atom is -0.347 e. The van der Waals surface area contributed by atoms with Crippen molar-refractivity contribution in [3.8, 4) is 0 Å². The van der Waals surface area contributed by atoms with E-state index in [2.05, 4.69) is 10.0 Å². The number of anilines is 1. The first-order chi connectivity index (χ1) is 13.9. The number of benzene rings is 2. The molecule has 6 heteroatoms. The Bertz CT molecular complexity index is 981. The van der Waals surface area contributed by atoms with E-state index in [0.717, 1.165) is 37.0 Å². The lowest BCUT2D eigenvalue weighted by Gasteiger charge is -2.56. The van der Waals surface area contributed by atoms with Crippen LogP contribution in [-0.2, 0) is 10.0 Å². The minimum absolute atomic E-state index is 0.0502. The van der Waals surface area contributed by atoms with E-state index in [-0.39, 0.29) is 16.3 Å². The first-order valence-electron chi connectivity index (χ1n) is 10.4. The fourth-order valence-corrected chi connectivity index (χ4v) is 7.14. The summed E-state index contributed by atoms with van der Waals surface area (Å²) in [6.45, 7) is 0. The summed E-state index contributed by atoms with van der Waals surface area (Å²) in [5.41, 5.74) is 0.973. The molecule has 0 unspecified atom stereocenters. The summed E-state index contributed by atoms with van der Waals surface area (Å²) in [5, 5.41) is 3.33. The minimum atomic E-state index is -3.68. The average molecular weight is 411 g/mol. The van der Waals surface area contributed by atoms with Crippen LogP contribution in [0.3, 0.4) is 0 Å². The van der Waals surface area contributed by atoms with Crippen molar-refractivity contribution in [3.63, 3.8) is 0 Å². The van der Waals surface area contributed by atoms with Crippen molar-refractivity contribution in [1.29, 1.82) is 0 Å². The third-order valence-corrected chi connectivity index (χ3v) is 8.27. The Labute approximate surface area is 172 Å². The highest BCUT2D eigenvalue weighted by atomic mass is 32.2. The summed E-state index contributed by atoms with van der Waals surface area (Å²) in [6.07, 6.45) is 7.27. The summed E-state index contributed by atoms with van der Waals surface area (Å²) < 4.78 is 27.7. The van der Waals surface area contributed by atoms with E-state index in [0.29, 0.717) is 11.3 Å². The molecule has 4 aliphatic rings. The maximum atomic E-state index is 12.9. The standard InChI is InChI=1S/C23H26N2O3S/c26-22(24-23-13-16-10-17(14-23)12-18(11-16)15-23)19-6-8-21(9-7-19)29(27,28)25-20-4-2-1-3-5-20/h1-9,16-18,25H,10-15H2,(H,24,26). The van der Waals surface area contributed by atoms with Gasteiger partial charge in [-0.1, -0.05) is 18.2 Å². The zero-order valence-electron chi connectivity index (χ0n) is 16.3. The van der Waals surface area contributed by atoms with E-state index in [9.17, 15) is 13.2 Å². The van der Waals surface area contributed by atoms with Crippen LogP contribution in [0.4, 0.5) is 5.69 Å². The maximum absolute atomic E-state index is 12.9. The highest BCUT2D eigenvalue weighted by molar-refractivity contribution is 7.92. The van der Waals surface area contributed by atoms with E-state index in [1.165, 1.54) is 31.4 Å². The van der Waals surface area contributed by atoms with Crippen LogP contribution in [0.1, 0.15) is 48.9 Å². The molecule has 0 heterocycles. The number of hydrogen-bond acceptors (Lipinski definition) is 3. The highest BCUT2D eigenvalue weighted by Crippen LogP contribution is 2.55. The zero-order valence-corrected chi connectivity index (χ0v) is 17.1. The number of nitrogens with one attached hydrogen (secondary N) is 2. The maximum Gasteiger partial charge on any atom is 0.261 e. The van der Waals surface area contributed by atoms with Gasteiger partial charge in [-0.15, -0.1) is 0 Å². The SMILES string of the molecule is O=C(NC12CC3CC(CC(C3)C1)C2)c1ccc(S(=O)(=O)Nc2ccccc2)cc1. The van der Waals surface area contributed by atoms with Gasteiger partial charge in [-0.05, 0) is 92.7 Å². The molecule has 2 N–H and O–H groups in total. The van der Waals surface area contributed by atoms with Crippen LogP contribution < -0.4 is 10.0 Å². The molecule has 0 spiro atoms. The molecule has 5 nitrogen and oxygen atoms in total. The lowest BCUT2D eigenvalue weighted by molar-refractivity contribution is -0.0167. The van der Waals surface area contributed by atoms with Crippen LogP contribution in [0.2, 0.25) is 0 Å². The van der Waals surface area contributed by atoms with Crippen molar-refractivity contribution < 1.29 is 13.2 Å². The summed E-state index contributed by atoms with van der Waals surface area (Å²) in [6, 6.07) is 15.0. The van der Waals surface area contributed by atoms with Crippen molar-refractivity contribution >= 4 is 21.6 Å². The van der Waals surface area contributed by atoms with Gasteiger partial charge in [0.2, 0.25) is 0 Å². The van der Waals surface area contributed by atoms with E-state index < -0.39 is 10.0 Å². The normalized spacial score (nSPS) is 30.1. The molecule has 1 amide bonds. The molecule has 0 saturated heterocycles. The topological polar surface area (TPSA) is 75.3 Å². The monoisotopic (exact) mass is 410 g/mol. The van der Waals surface area contributed by atoms with Gasteiger partial charge in [0.1, 0.15) is 0 Å². The number of carbonyl (C=O) groups excluding carboxylic acids is 1. The number of sulfonamides is 1.